The number of thioether (sulfide) groups is 1. The standard InChI is InChI=1S/C18H24N4O4S.BrH/c1-12-16(17(19)24)27-18(21-9-7-20-8-10-21)22(12)13-3-5-14(6-4-13)26-11-15(23)25-2;/h3-6,18,20H,7-11H2,1-2H3,(H2,19,24);1H. The number of carbonyl (C=O) groups is 2. The summed E-state index contributed by atoms with van der Waals surface area (Å²) in [5, 5.41) is 3.34. The molecular weight excluding hydrogens is 448 g/mol. The highest BCUT2D eigenvalue weighted by atomic mass is 79.9. The minimum atomic E-state index is -0.432. The lowest BCUT2D eigenvalue weighted by Gasteiger charge is -2.38. The number of nitrogens with zero attached hydrogens (tertiary/aromatic N) is 2. The molecule has 0 aromatic heterocycles. The van der Waals surface area contributed by atoms with Crippen LogP contribution in [-0.4, -0.2) is 62.2 Å². The predicted octanol–water partition coefficient (Wildman–Crippen LogP) is 1.28. The second-order valence-corrected chi connectivity index (χ2v) is 7.30. The van der Waals surface area contributed by atoms with Gasteiger partial charge in [0.1, 0.15) is 11.2 Å². The summed E-state index contributed by atoms with van der Waals surface area (Å²) in [5.74, 6) is -0.261. The number of halogens is 1. The molecule has 2 aliphatic heterocycles. The van der Waals surface area contributed by atoms with E-state index in [1.54, 1.807) is 12.1 Å². The first-order chi connectivity index (χ1) is 13.0. The number of hydrogen-bond acceptors (Lipinski definition) is 8. The van der Waals surface area contributed by atoms with Gasteiger partial charge < -0.3 is 25.4 Å². The minimum absolute atomic E-state index is 0. The number of primary amides is 1. The van der Waals surface area contributed by atoms with E-state index in [-0.39, 0.29) is 29.1 Å². The number of carbonyl (C=O) groups excluding carboxylic acids is 2. The first-order valence-electron chi connectivity index (χ1n) is 8.72. The molecule has 0 bridgehead atoms. The molecule has 1 unspecified atom stereocenters. The number of nitrogens with one attached hydrogen (secondary N) is 1. The van der Waals surface area contributed by atoms with Crippen molar-refractivity contribution < 1.29 is 19.1 Å². The van der Waals surface area contributed by atoms with E-state index in [9.17, 15) is 9.59 Å². The number of anilines is 1. The van der Waals surface area contributed by atoms with Gasteiger partial charge >= 0.3 is 5.97 Å². The Kier molecular flexibility index (Phi) is 8.17. The van der Waals surface area contributed by atoms with Crippen LogP contribution in [0.2, 0.25) is 0 Å². The van der Waals surface area contributed by atoms with E-state index < -0.39 is 11.9 Å². The van der Waals surface area contributed by atoms with E-state index >= 15 is 0 Å². The molecular formula is C18H25BrN4O4S. The van der Waals surface area contributed by atoms with Crippen molar-refractivity contribution in [3.63, 3.8) is 0 Å². The van der Waals surface area contributed by atoms with E-state index in [0.29, 0.717) is 10.7 Å². The average Bonchev–Trinajstić information content (AvgIpc) is 3.04. The van der Waals surface area contributed by atoms with Gasteiger partial charge in [-0.15, -0.1) is 17.0 Å². The molecule has 1 aromatic rings. The number of amides is 1. The Bertz CT molecular complexity index is 738. The summed E-state index contributed by atoms with van der Waals surface area (Å²) in [7, 11) is 1.32. The second kappa shape index (κ2) is 10.1. The van der Waals surface area contributed by atoms with Crippen LogP contribution in [-0.2, 0) is 14.3 Å². The lowest BCUT2D eigenvalue weighted by Crippen LogP contribution is -2.52. The van der Waals surface area contributed by atoms with Gasteiger partial charge in [0.2, 0.25) is 0 Å². The number of ether oxygens (including phenoxy) is 2. The SMILES string of the molecule is Br.COC(=O)COc1ccc(N2C(C)=C(C(N)=O)SC2N2CCNCC2)cc1. The van der Waals surface area contributed by atoms with Gasteiger partial charge in [0.05, 0.1) is 12.0 Å². The van der Waals surface area contributed by atoms with Gasteiger partial charge in [-0.1, -0.05) is 11.8 Å². The van der Waals surface area contributed by atoms with Crippen molar-refractivity contribution in [3.05, 3.63) is 34.9 Å². The molecule has 8 nitrogen and oxygen atoms in total. The van der Waals surface area contributed by atoms with Crippen LogP contribution in [0.5, 0.6) is 5.75 Å². The van der Waals surface area contributed by atoms with E-state index in [2.05, 4.69) is 19.9 Å². The Labute approximate surface area is 179 Å². The Morgan fingerprint density at radius 2 is 1.89 bits per heavy atom. The molecule has 2 heterocycles. The number of hydrogen-bond donors (Lipinski definition) is 2. The smallest absolute Gasteiger partial charge is 0.343 e. The molecule has 28 heavy (non-hydrogen) atoms. The molecule has 1 atom stereocenters. The van der Waals surface area contributed by atoms with Crippen LogP contribution in [0.3, 0.4) is 0 Å². The summed E-state index contributed by atoms with van der Waals surface area (Å²) in [4.78, 5) is 28.1. The average molecular weight is 473 g/mol. The third-order valence-corrected chi connectivity index (χ3v) is 5.97. The van der Waals surface area contributed by atoms with Crippen LogP contribution >= 0.6 is 28.7 Å². The number of methoxy groups -OCH3 is 1. The van der Waals surface area contributed by atoms with Gasteiger partial charge in [-0.2, -0.15) is 0 Å². The number of esters is 1. The van der Waals surface area contributed by atoms with Gasteiger partial charge in [0.15, 0.2) is 6.61 Å². The summed E-state index contributed by atoms with van der Waals surface area (Å²) in [6, 6.07) is 7.42. The van der Waals surface area contributed by atoms with Crippen LogP contribution in [0, 0.1) is 0 Å². The molecule has 1 aromatic carbocycles. The summed E-state index contributed by atoms with van der Waals surface area (Å²) < 4.78 is 9.97. The minimum Gasteiger partial charge on any atom is -0.482 e. The summed E-state index contributed by atoms with van der Waals surface area (Å²) >= 11 is 1.49. The zero-order chi connectivity index (χ0) is 19.4. The van der Waals surface area contributed by atoms with Crippen molar-refractivity contribution in [2.24, 2.45) is 5.73 Å². The fourth-order valence-electron chi connectivity index (χ4n) is 3.12. The maximum atomic E-state index is 11.9. The highest BCUT2D eigenvalue weighted by Crippen LogP contribution is 2.42. The van der Waals surface area contributed by atoms with Crippen LogP contribution in [0.4, 0.5) is 5.69 Å². The number of benzene rings is 1. The fraction of sp³-hybridized carbons (Fsp3) is 0.444. The third-order valence-electron chi connectivity index (χ3n) is 4.52. The number of nitrogens with two attached hydrogens (primary N) is 1. The normalized spacial score (nSPS) is 19.9. The van der Waals surface area contributed by atoms with Gasteiger partial charge in [-0.25, -0.2) is 4.79 Å². The van der Waals surface area contributed by atoms with Crippen LogP contribution in [0.15, 0.2) is 34.9 Å². The highest BCUT2D eigenvalue weighted by Gasteiger charge is 2.37. The third kappa shape index (κ3) is 4.99. The van der Waals surface area contributed by atoms with Crippen LogP contribution < -0.4 is 20.7 Å². The molecule has 1 fully saturated rings. The molecule has 10 heteroatoms. The van der Waals surface area contributed by atoms with Crippen molar-refractivity contribution in [2.75, 3.05) is 44.8 Å². The van der Waals surface area contributed by atoms with E-state index in [4.69, 9.17) is 10.5 Å². The molecule has 1 amide bonds. The van der Waals surface area contributed by atoms with Gasteiger partial charge in [0.25, 0.3) is 5.91 Å². The molecule has 0 radical (unpaired) electrons. The molecule has 3 N–H and O–H groups in total. The van der Waals surface area contributed by atoms with E-state index in [1.807, 2.05) is 19.1 Å². The van der Waals surface area contributed by atoms with Gasteiger partial charge in [-0.3, -0.25) is 9.69 Å². The molecule has 0 aliphatic carbocycles. The maximum Gasteiger partial charge on any atom is 0.343 e. The largest absolute Gasteiger partial charge is 0.482 e. The summed E-state index contributed by atoms with van der Waals surface area (Å²) in [6.45, 7) is 5.40. The molecule has 3 rings (SSSR count). The molecule has 154 valence electrons. The lowest BCUT2D eigenvalue weighted by molar-refractivity contribution is -0.142. The topological polar surface area (TPSA) is 97.1 Å². The molecule has 2 aliphatic rings. The first-order valence-corrected chi connectivity index (χ1v) is 9.60. The van der Waals surface area contributed by atoms with Crippen molar-refractivity contribution in [1.82, 2.24) is 10.2 Å². The van der Waals surface area contributed by atoms with Crippen molar-refractivity contribution in [2.45, 2.75) is 12.4 Å². The summed E-state index contributed by atoms with van der Waals surface area (Å²) in [6.07, 6.45) is 0. The van der Waals surface area contributed by atoms with Crippen molar-refractivity contribution in [1.29, 1.82) is 0 Å². The molecule has 1 saturated heterocycles. The Balaban J connectivity index is 0.00000280. The summed E-state index contributed by atoms with van der Waals surface area (Å²) in [5.41, 5.74) is 7.35. The highest BCUT2D eigenvalue weighted by molar-refractivity contribution is 8.93. The molecule has 0 spiro atoms. The van der Waals surface area contributed by atoms with Crippen molar-refractivity contribution >= 4 is 46.3 Å². The zero-order valence-corrected chi connectivity index (χ0v) is 18.4. The zero-order valence-electron chi connectivity index (χ0n) is 15.8. The van der Waals surface area contributed by atoms with Crippen LogP contribution in [0.1, 0.15) is 6.92 Å². The quantitative estimate of drug-likeness (QED) is 0.597. The monoisotopic (exact) mass is 472 g/mol. The maximum absolute atomic E-state index is 11.9. The van der Waals surface area contributed by atoms with Gasteiger partial charge in [0, 0.05) is 37.6 Å². The Morgan fingerprint density at radius 3 is 2.46 bits per heavy atom. The predicted molar refractivity (Wildman–Crippen MR) is 114 cm³/mol. The van der Waals surface area contributed by atoms with Gasteiger partial charge in [-0.05, 0) is 31.2 Å². The number of piperazine rings is 1. The van der Waals surface area contributed by atoms with E-state index in [0.717, 1.165) is 37.6 Å². The lowest BCUT2D eigenvalue weighted by atomic mass is 10.2. The Hall–Kier alpha value is -1.75. The number of rotatable bonds is 6. The Morgan fingerprint density at radius 1 is 1.25 bits per heavy atom. The molecule has 0 saturated carbocycles. The van der Waals surface area contributed by atoms with Crippen molar-refractivity contribution in [3.8, 4) is 5.75 Å². The van der Waals surface area contributed by atoms with E-state index in [1.165, 1.54) is 18.9 Å². The fourth-order valence-corrected chi connectivity index (χ4v) is 4.46. The second-order valence-electron chi connectivity index (χ2n) is 6.24. The number of allylic oxidation sites excluding steroid dienone is 1. The first kappa shape index (κ1) is 22.5. The van der Waals surface area contributed by atoms with Crippen LogP contribution in [0.25, 0.3) is 0 Å².